The molecule has 0 aromatic rings. The van der Waals surface area contributed by atoms with Crippen LogP contribution >= 0.6 is 0 Å². The van der Waals surface area contributed by atoms with Crippen LogP contribution in [0.2, 0.25) is 0 Å². The topological polar surface area (TPSA) is 64.3 Å². The van der Waals surface area contributed by atoms with E-state index >= 15 is 0 Å². The van der Waals surface area contributed by atoms with E-state index in [0.29, 0.717) is 19.1 Å². The smallest absolute Gasteiger partial charge is 0.237 e. The second kappa shape index (κ2) is 8.48. The number of rotatable bonds is 8. The minimum absolute atomic E-state index is 0.0394. The zero-order valence-corrected chi connectivity index (χ0v) is 11.8. The number of hydrogen-bond donors (Lipinski definition) is 2. The van der Waals surface area contributed by atoms with Gasteiger partial charge in [0.25, 0.3) is 0 Å². The summed E-state index contributed by atoms with van der Waals surface area (Å²) in [5, 5.41) is 2.98. The van der Waals surface area contributed by atoms with Gasteiger partial charge >= 0.3 is 0 Å². The Bertz CT molecular complexity index is 219. The average Bonchev–Trinajstić information content (AvgIpc) is 2.31. The van der Waals surface area contributed by atoms with Crippen molar-refractivity contribution >= 4 is 5.91 Å². The molecule has 0 radical (unpaired) electrons. The Balaban J connectivity index is 4.29. The normalized spacial score (nSPS) is 16.6. The highest BCUT2D eigenvalue weighted by atomic mass is 16.5. The van der Waals surface area contributed by atoms with Gasteiger partial charge in [0.05, 0.1) is 18.7 Å². The minimum Gasteiger partial charge on any atom is -0.380 e. The van der Waals surface area contributed by atoms with Crippen molar-refractivity contribution in [2.45, 2.75) is 53.1 Å². The Hall–Kier alpha value is -0.610. The highest BCUT2D eigenvalue weighted by Crippen LogP contribution is 2.08. The second-order valence-electron chi connectivity index (χ2n) is 4.93. The molecule has 17 heavy (non-hydrogen) atoms. The Labute approximate surface area is 105 Å². The van der Waals surface area contributed by atoms with Crippen LogP contribution in [0.4, 0.5) is 0 Å². The molecule has 0 saturated heterocycles. The zero-order chi connectivity index (χ0) is 13.4. The lowest BCUT2D eigenvalue weighted by molar-refractivity contribution is -0.125. The first-order chi connectivity index (χ1) is 7.93. The molecular formula is C13H28N2O2. The van der Waals surface area contributed by atoms with Gasteiger partial charge in [-0.2, -0.15) is 0 Å². The molecule has 0 aliphatic rings. The summed E-state index contributed by atoms with van der Waals surface area (Å²) in [6.07, 6.45) is 0.909. The molecule has 3 N–H and O–H groups in total. The van der Waals surface area contributed by atoms with Crippen molar-refractivity contribution in [2.24, 2.45) is 17.6 Å². The van der Waals surface area contributed by atoms with Crippen molar-refractivity contribution in [1.82, 2.24) is 5.32 Å². The molecule has 0 aliphatic carbocycles. The van der Waals surface area contributed by atoms with Gasteiger partial charge in [-0.25, -0.2) is 0 Å². The average molecular weight is 244 g/mol. The quantitative estimate of drug-likeness (QED) is 0.680. The highest BCUT2D eigenvalue weighted by molar-refractivity contribution is 5.82. The van der Waals surface area contributed by atoms with Crippen molar-refractivity contribution in [3.05, 3.63) is 0 Å². The fourth-order valence-electron chi connectivity index (χ4n) is 1.44. The van der Waals surface area contributed by atoms with Gasteiger partial charge < -0.3 is 15.8 Å². The molecule has 4 nitrogen and oxygen atoms in total. The number of amides is 1. The first-order valence-electron chi connectivity index (χ1n) is 6.57. The van der Waals surface area contributed by atoms with Crippen LogP contribution in [-0.2, 0) is 9.53 Å². The standard InChI is InChI=1S/C13H28N2O2/c1-6-10(5)12(14)13(16)15-11(9(3)4)8-17-7-2/h9-12H,6-8,14H2,1-5H3,(H,15,16)/t10?,11?,12-/m0/s1. The van der Waals surface area contributed by atoms with Crippen LogP contribution in [0, 0.1) is 11.8 Å². The van der Waals surface area contributed by atoms with Gasteiger partial charge in [-0.3, -0.25) is 4.79 Å². The highest BCUT2D eigenvalue weighted by Gasteiger charge is 2.23. The van der Waals surface area contributed by atoms with Gasteiger partial charge in [0.1, 0.15) is 0 Å². The van der Waals surface area contributed by atoms with E-state index in [4.69, 9.17) is 10.5 Å². The van der Waals surface area contributed by atoms with E-state index in [0.717, 1.165) is 6.42 Å². The van der Waals surface area contributed by atoms with Crippen LogP contribution in [0.5, 0.6) is 0 Å². The third-order valence-electron chi connectivity index (χ3n) is 3.19. The van der Waals surface area contributed by atoms with Crippen LogP contribution in [0.3, 0.4) is 0 Å². The van der Waals surface area contributed by atoms with Gasteiger partial charge in [-0.1, -0.05) is 34.1 Å². The van der Waals surface area contributed by atoms with Crippen LogP contribution in [-0.4, -0.2) is 31.2 Å². The summed E-state index contributed by atoms with van der Waals surface area (Å²) in [6, 6.07) is -0.388. The van der Waals surface area contributed by atoms with Crippen molar-refractivity contribution in [3.63, 3.8) is 0 Å². The van der Waals surface area contributed by atoms with Gasteiger partial charge in [-0.15, -0.1) is 0 Å². The molecule has 102 valence electrons. The maximum Gasteiger partial charge on any atom is 0.237 e. The maximum absolute atomic E-state index is 11.9. The fourth-order valence-corrected chi connectivity index (χ4v) is 1.44. The molecule has 1 amide bonds. The van der Waals surface area contributed by atoms with Gasteiger partial charge in [0.2, 0.25) is 5.91 Å². The summed E-state index contributed by atoms with van der Waals surface area (Å²) in [6.45, 7) is 11.3. The number of carbonyl (C=O) groups is 1. The maximum atomic E-state index is 11.9. The zero-order valence-electron chi connectivity index (χ0n) is 11.8. The lowest BCUT2D eigenvalue weighted by Gasteiger charge is -2.25. The van der Waals surface area contributed by atoms with Crippen LogP contribution in [0.25, 0.3) is 0 Å². The van der Waals surface area contributed by atoms with Crippen molar-refractivity contribution in [2.75, 3.05) is 13.2 Å². The molecule has 3 atom stereocenters. The van der Waals surface area contributed by atoms with E-state index in [1.807, 2.05) is 20.8 Å². The van der Waals surface area contributed by atoms with E-state index in [2.05, 4.69) is 19.2 Å². The molecule has 0 saturated carbocycles. The van der Waals surface area contributed by atoms with Gasteiger partial charge in [0.15, 0.2) is 0 Å². The Morgan fingerprint density at radius 3 is 2.29 bits per heavy atom. The lowest BCUT2D eigenvalue weighted by Crippen LogP contribution is -2.51. The molecule has 0 bridgehead atoms. The number of carbonyl (C=O) groups excluding carboxylic acids is 1. The van der Waals surface area contributed by atoms with E-state index < -0.39 is 6.04 Å². The predicted molar refractivity (Wildman–Crippen MR) is 70.7 cm³/mol. The molecule has 0 aromatic heterocycles. The van der Waals surface area contributed by atoms with E-state index in [1.165, 1.54) is 0 Å². The van der Waals surface area contributed by atoms with Crippen molar-refractivity contribution in [3.8, 4) is 0 Å². The molecule has 0 aliphatic heterocycles. The first kappa shape index (κ1) is 16.4. The molecule has 2 unspecified atom stereocenters. The van der Waals surface area contributed by atoms with Crippen molar-refractivity contribution < 1.29 is 9.53 Å². The van der Waals surface area contributed by atoms with Gasteiger partial charge in [0, 0.05) is 6.61 Å². The Morgan fingerprint density at radius 2 is 1.88 bits per heavy atom. The third-order valence-corrected chi connectivity index (χ3v) is 3.19. The molecule has 4 heteroatoms. The van der Waals surface area contributed by atoms with Crippen LogP contribution < -0.4 is 11.1 Å². The summed E-state index contributed by atoms with van der Waals surface area (Å²) >= 11 is 0. The monoisotopic (exact) mass is 244 g/mol. The summed E-state index contributed by atoms with van der Waals surface area (Å²) in [5.41, 5.74) is 5.90. The van der Waals surface area contributed by atoms with E-state index in [9.17, 15) is 4.79 Å². The molecular weight excluding hydrogens is 216 g/mol. The molecule has 0 aromatic carbocycles. The minimum atomic E-state index is -0.428. The summed E-state index contributed by atoms with van der Waals surface area (Å²) in [4.78, 5) is 11.9. The summed E-state index contributed by atoms with van der Waals surface area (Å²) in [5.74, 6) is 0.474. The molecule has 0 heterocycles. The summed E-state index contributed by atoms with van der Waals surface area (Å²) < 4.78 is 5.37. The number of nitrogens with two attached hydrogens (primary N) is 1. The van der Waals surface area contributed by atoms with Gasteiger partial charge in [-0.05, 0) is 18.8 Å². The Kier molecular flexibility index (Phi) is 8.17. The largest absolute Gasteiger partial charge is 0.380 e. The second-order valence-corrected chi connectivity index (χ2v) is 4.93. The van der Waals surface area contributed by atoms with E-state index in [-0.39, 0.29) is 17.9 Å². The Morgan fingerprint density at radius 1 is 1.29 bits per heavy atom. The number of nitrogens with one attached hydrogen (secondary N) is 1. The number of hydrogen-bond acceptors (Lipinski definition) is 3. The first-order valence-corrected chi connectivity index (χ1v) is 6.57. The van der Waals surface area contributed by atoms with Crippen LogP contribution in [0.1, 0.15) is 41.0 Å². The van der Waals surface area contributed by atoms with Crippen molar-refractivity contribution in [1.29, 1.82) is 0 Å². The third kappa shape index (κ3) is 6.03. The van der Waals surface area contributed by atoms with Crippen LogP contribution in [0.15, 0.2) is 0 Å². The SMILES string of the molecule is CCOCC(NC(=O)[C@@H](N)C(C)CC)C(C)C. The number of ether oxygens (including phenoxy) is 1. The fraction of sp³-hybridized carbons (Fsp3) is 0.923. The molecule has 0 spiro atoms. The molecule has 0 rings (SSSR count). The lowest BCUT2D eigenvalue weighted by atomic mass is 9.98. The summed E-state index contributed by atoms with van der Waals surface area (Å²) in [7, 11) is 0. The predicted octanol–water partition coefficient (Wildman–Crippen LogP) is 1.54. The van der Waals surface area contributed by atoms with E-state index in [1.54, 1.807) is 0 Å². The molecule has 0 fully saturated rings.